The number of nitrogens with one attached hydrogen (secondary N) is 2. The van der Waals surface area contributed by atoms with Gasteiger partial charge < -0.3 is 10.6 Å². The second kappa shape index (κ2) is 10.0. The summed E-state index contributed by atoms with van der Waals surface area (Å²) >= 11 is 7.63. The van der Waals surface area contributed by atoms with Crippen LogP contribution in [0.4, 0.5) is 5.69 Å². The first-order valence-electron chi connectivity index (χ1n) is 9.66. The predicted octanol–water partition coefficient (Wildman–Crippen LogP) is 4.38. The molecule has 0 saturated carbocycles. The molecule has 0 bridgehead atoms. The molecule has 2 amide bonds. The average molecular weight is 420 g/mol. The summed E-state index contributed by atoms with van der Waals surface area (Å²) in [7, 11) is 0. The Kier molecular flexibility index (Phi) is 7.48. The highest BCUT2D eigenvalue weighted by Crippen LogP contribution is 2.25. The van der Waals surface area contributed by atoms with Gasteiger partial charge in [0.05, 0.1) is 6.04 Å². The number of halogens is 1. The van der Waals surface area contributed by atoms with E-state index in [1.807, 2.05) is 13.0 Å². The van der Waals surface area contributed by atoms with Crippen LogP contribution in [-0.4, -0.2) is 36.3 Å². The fraction of sp³-hybridized carbons (Fsp3) is 0.429. The lowest BCUT2D eigenvalue weighted by Crippen LogP contribution is -2.42. The molecule has 0 radical (unpaired) electrons. The first-order valence-corrected chi connectivity index (χ1v) is 11.0. The van der Waals surface area contributed by atoms with Gasteiger partial charge >= 0.3 is 11.8 Å². The van der Waals surface area contributed by atoms with Crippen molar-refractivity contribution in [1.82, 2.24) is 10.2 Å². The monoisotopic (exact) mass is 419 g/mol. The highest BCUT2D eigenvalue weighted by atomic mass is 35.5. The summed E-state index contributed by atoms with van der Waals surface area (Å²) in [5, 5.41) is 10.2. The van der Waals surface area contributed by atoms with Gasteiger partial charge in [-0.25, -0.2) is 0 Å². The number of hydrogen-bond donors (Lipinski definition) is 2. The standard InChI is InChI=1S/C21H26ClN3O2S/c1-15-6-7-17(22)12-18(15)24-21(27)20(26)23-13-19(16-8-11-28-14-16)25-9-4-2-3-5-10-25/h6-8,11-12,14,19H,2-5,9-10,13H2,1H3,(H,23,26)(H,24,27). The van der Waals surface area contributed by atoms with Crippen molar-refractivity contribution in [3.05, 3.63) is 51.2 Å². The summed E-state index contributed by atoms with van der Waals surface area (Å²) in [4.78, 5) is 27.1. The van der Waals surface area contributed by atoms with Crippen molar-refractivity contribution in [2.45, 2.75) is 38.6 Å². The van der Waals surface area contributed by atoms with E-state index in [1.165, 1.54) is 31.2 Å². The summed E-state index contributed by atoms with van der Waals surface area (Å²) in [5.74, 6) is -1.31. The fourth-order valence-corrected chi connectivity index (χ4v) is 4.39. The van der Waals surface area contributed by atoms with Gasteiger partial charge in [-0.15, -0.1) is 0 Å². The van der Waals surface area contributed by atoms with Crippen LogP contribution < -0.4 is 10.6 Å². The molecule has 1 fully saturated rings. The Morgan fingerprint density at radius 3 is 2.57 bits per heavy atom. The zero-order valence-electron chi connectivity index (χ0n) is 16.0. The van der Waals surface area contributed by atoms with Crippen LogP contribution in [0.3, 0.4) is 0 Å². The first-order chi connectivity index (χ1) is 13.5. The second-order valence-electron chi connectivity index (χ2n) is 7.15. The van der Waals surface area contributed by atoms with Crippen LogP contribution in [0.1, 0.15) is 42.9 Å². The summed E-state index contributed by atoms with van der Waals surface area (Å²) in [5.41, 5.74) is 2.60. The van der Waals surface area contributed by atoms with Crippen LogP contribution in [0.15, 0.2) is 35.0 Å². The van der Waals surface area contributed by atoms with E-state index in [0.29, 0.717) is 17.3 Å². The minimum absolute atomic E-state index is 0.0917. The summed E-state index contributed by atoms with van der Waals surface area (Å²) in [6.07, 6.45) is 4.84. The van der Waals surface area contributed by atoms with Crippen molar-refractivity contribution in [3.8, 4) is 0 Å². The number of benzene rings is 1. The fourth-order valence-electron chi connectivity index (χ4n) is 3.51. The third kappa shape index (κ3) is 5.56. The molecule has 2 aromatic rings. The maximum Gasteiger partial charge on any atom is 0.313 e. The van der Waals surface area contributed by atoms with E-state index in [-0.39, 0.29) is 6.04 Å². The molecule has 1 aliphatic rings. The summed E-state index contributed by atoms with van der Waals surface area (Å²) in [6, 6.07) is 7.39. The molecule has 1 aromatic carbocycles. The number of amides is 2. The van der Waals surface area contributed by atoms with Crippen molar-refractivity contribution in [3.63, 3.8) is 0 Å². The molecular formula is C21H26ClN3O2S. The highest BCUT2D eigenvalue weighted by Gasteiger charge is 2.24. The molecule has 1 unspecified atom stereocenters. The molecule has 3 rings (SSSR count). The Morgan fingerprint density at radius 2 is 1.89 bits per heavy atom. The molecule has 1 aromatic heterocycles. The molecule has 2 heterocycles. The lowest BCUT2D eigenvalue weighted by Gasteiger charge is -2.30. The molecule has 1 atom stereocenters. The van der Waals surface area contributed by atoms with Crippen molar-refractivity contribution in [2.24, 2.45) is 0 Å². The number of carbonyl (C=O) groups is 2. The van der Waals surface area contributed by atoms with Crippen molar-refractivity contribution < 1.29 is 9.59 Å². The lowest BCUT2D eigenvalue weighted by atomic mass is 10.1. The molecule has 2 N–H and O–H groups in total. The molecule has 1 saturated heterocycles. The Hall–Kier alpha value is -1.89. The van der Waals surface area contributed by atoms with Crippen LogP contribution in [0, 0.1) is 6.92 Å². The van der Waals surface area contributed by atoms with Crippen LogP contribution in [0.5, 0.6) is 0 Å². The molecule has 5 nitrogen and oxygen atoms in total. The smallest absolute Gasteiger partial charge is 0.313 e. The van der Waals surface area contributed by atoms with E-state index in [1.54, 1.807) is 23.5 Å². The third-order valence-electron chi connectivity index (χ3n) is 5.12. The average Bonchev–Trinajstić information content (AvgIpc) is 3.07. The largest absolute Gasteiger partial charge is 0.346 e. The van der Waals surface area contributed by atoms with Gasteiger partial charge in [-0.1, -0.05) is 30.5 Å². The maximum absolute atomic E-state index is 12.4. The molecular weight excluding hydrogens is 394 g/mol. The number of hydrogen-bond acceptors (Lipinski definition) is 4. The lowest BCUT2D eigenvalue weighted by molar-refractivity contribution is -0.136. The van der Waals surface area contributed by atoms with Gasteiger partial charge in [-0.2, -0.15) is 11.3 Å². The Morgan fingerprint density at radius 1 is 1.14 bits per heavy atom. The molecule has 1 aliphatic heterocycles. The van der Waals surface area contributed by atoms with Crippen molar-refractivity contribution >= 4 is 40.4 Å². The minimum atomic E-state index is -0.676. The quantitative estimate of drug-likeness (QED) is 0.707. The number of carbonyl (C=O) groups excluding carboxylic acids is 2. The molecule has 0 aliphatic carbocycles. The van der Waals surface area contributed by atoms with E-state index < -0.39 is 11.8 Å². The van der Waals surface area contributed by atoms with Gasteiger partial charge in [0.1, 0.15) is 0 Å². The molecule has 28 heavy (non-hydrogen) atoms. The van der Waals surface area contributed by atoms with Gasteiger partial charge in [0.2, 0.25) is 0 Å². The van der Waals surface area contributed by atoms with Crippen LogP contribution in [0.25, 0.3) is 0 Å². The van der Waals surface area contributed by atoms with Crippen LogP contribution in [-0.2, 0) is 9.59 Å². The third-order valence-corrected chi connectivity index (χ3v) is 6.06. The van der Waals surface area contributed by atoms with E-state index in [0.717, 1.165) is 18.7 Å². The first kappa shape index (κ1) is 20.8. The SMILES string of the molecule is Cc1ccc(Cl)cc1NC(=O)C(=O)NCC(c1ccsc1)N1CCCCCC1. The van der Waals surface area contributed by atoms with Gasteiger partial charge in [0, 0.05) is 17.3 Å². The van der Waals surface area contributed by atoms with Crippen LogP contribution in [0.2, 0.25) is 5.02 Å². The van der Waals surface area contributed by atoms with Gasteiger partial charge in [-0.05, 0) is 72.9 Å². The number of anilines is 1. The van der Waals surface area contributed by atoms with Gasteiger partial charge in [0.25, 0.3) is 0 Å². The number of aryl methyl sites for hydroxylation is 1. The van der Waals surface area contributed by atoms with Crippen molar-refractivity contribution in [1.29, 1.82) is 0 Å². The Balaban J connectivity index is 1.62. The zero-order valence-corrected chi connectivity index (χ0v) is 17.6. The van der Waals surface area contributed by atoms with Gasteiger partial charge in [-0.3, -0.25) is 14.5 Å². The number of likely N-dealkylation sites (tertiary alicyclic amines) is 1. The van der Waals surface area contributed by atoms with E-state index in [2.05, 4.69) is 32.4 Å². The maximum atomic E-state index is 12.4. The Labute approximate surface area is 175 Å². The molecule has 150 valence electrons. The van der Waals surface area contributed by atoms with Crippen molar-refractivity contribution in [2.75, 3.05) is 25.0 Å². The molecule has 7 heteroatoms. The number of thiophene rings is 1. The predicted molar refractivity (Wildman–Crippen MR) is 115 cm³/mol. The second-order valence-corrected chi connectivity index (χ2v) is 8.36. The van der Waals surface area contributed by atoms with E-state index in [9.17, 15) is 9.59 Å². The van der Waals surface area contributed by atoms with E-state index in [4.69, 9.17) is 11.6 Å². The topological polar surface area (TPSA) is 61.4 Å². The minimum Gasteiger partial charge on any atom is -0.346 e. The van der Waals surface area contributed by atoms with Gasteiger partial charge in [0.15, 0.2) is 0 Å². The van der Waals surface area contributed by atoms with Crippen LogP contribution >= 0.6 is 22.9 Å². The number of rotatable bonds is 5. The highest BCUT2D eigenvalue weighted by molar-refractivity contribution is 7.08. The zero-order chi connectivity index (χ0) is 19.9. The summed E-state index contributed by atoms with van der Waals surface area (Å²) in [6.45, 7) is 4.31. The Bertz CT molecular complexity index is 802. The normalized spacial score (nSPS) is 16.2. The van der Waals surface area contributed by atoms with E-state index >= 15 is 0 Å². The summed E-state index contributed by atoms with van der Waals surface area (Å²) < 4.78 is 0. The number of nitrogens with zero attached hydrogens (tertiary/aromatic N) is 1. The molecule has 0 spiro atoms.